The van der Waals surface area contributed by atoms with Gasteiger partial charge in [0.15, 0.2) is 0 Å². The van der Waals surface area contributed by atoms with Gasteiger partial charge in [0.2, 0.25) is 0 Å². The fraction of sp³-hybridized carbons (Fsp3) is 0.0476. The molecule has 4 nitrogen and oxygen atoms in total. The lowest BCUT2D eigenvalue weighted by Crippen LogP contribution is -2.12. The molecule has 25 heavy (non-hydrogen) atoms. The number of aliphatic carboxylic acids is 1. The Morgan fingerprint density at radius 2 is 1.64 bits per heavy atom. The first-order chi connectivity index (χ1) is 12.1. The van der Waals surface area contributed by atoms with Gasteiger partial charge in [0.1, 0.15) is 12.4 Å². The van der Waals surface area contributed by atoms with Crippen molar-refractivity contribution < 1.29 is 19.4 Å². The van der Waals surface area contributed by atoms with E-state index < -0.39 is 11.8 Å². The van der Waals surface area contributed by atoms with Gasteiger partial charge in [0.05, 0.1) is 0 Å². The van der Waals surface area contributed by atoms with E-state index in [1.54, 1.807) is 12.1 Å². The summed E-state index contributed by atoms with van der Waals surface area (Å²) >= 11 is 0. The summed E-state index contributed by atoms with van der Waals surface area (Å²) in [5.41, 5.74) is 1.22. The summed E-state index contributed by atoms with van der Waals surface area (Å²) in [6.45, 7) is 0.374. The highest BCUT2D eigenvalue weighted by Gasteiger charge is 2.13. The third kappa shape index (κ3) is 4.12. The molecule has 0 radical (unpaired) electrons. The first-order valence-electron chi connectivity index (χ1n) is 7.79. The topological polar surface area (TPSA) is 63.6 Å². The van der Waals surface area contributed by atoms with E-state index in [4.69, 9.17) is 9.84 Å². The fourth-order valence-corrected chi connectivity index (χ4v) is 2.47. The molecule has 0 spiro atoms. The van der Waals surface area contributed by atoms with Crippen LogP contribution >= 0.6 is 0 Å². The number of carboxylic acid groups (broad SMARTS) is 1. The Balaban J connectivity index is 1.59. The Hall–Kier alpha value is -3.40. The fourth-order valence-electron chi connectivity index (χ4n) is 2.47. The SMILES string of the molecule is O=C(O)C(=O)c1ccc(OC/C=C/c2ccc3ccccc3c2)cc1. The van der Waals surface area contributed by atoms with Crippen molar-refractivity contribution in [2.75, 3.05) is 6.61 Å². The van der Waals surface area contributed by atoms with Crippen LogP contribution in [0.2, 0.25) is 0 Å². The Labute approximate surface area is 145 Å². The molecule has 0 aliphatic rings. The second kappa shape index (κ2) is 7.45. The molecule has 0 saturated heterocycles. The van der Waals surface area contributed by atoms with Crippen LogP contribution in [-0.4, -0.2) is 23.5 Å². The molecular formula is C21H16O4. The van der Waals surface area contributed by atoms with Crippen LogP contribution < -0.4 is 4.74 Å². The van der Waals surface area contributed by atoms with Gasteiger partial charge in [-0.25, -0.2) is 4.79 Å². The van der Waals surface area contributed by atoms with E-state index in [-0.39, 0.29) is 5.56 Å². The number of rotatable bonds is 6. The predicted molar refractivity (Wildman–Crippen MR) is 96.9 cm³/mol. The Morgan fingerprint density at radius 3 is 2.36 bits per heavy atom. The molecule has 0 aliphatic carbocycles. The second-order valence-corrected chi connectivity index (χ2v) is 5.48. The van der Waals surface area contributed by atoms with Crippen LogP contribution in [0.3, 0.4) is 0 Å². The Bertz CT molecular complexity index is 940. The van der Waals surface area contributed by atoms with Crippen molar-refractivity contribution in [1.29, 1.82) is 0 Å². The number of ketones is 1. The van der Waals surface area contributed by atoms with Crippen molar-refractivity contribution in [2.24, 2.45) is 0 Å². The van der Waals surface area contributed by atoms with E-state index in [1.807, 2.05) is 30.4 Å². The number of hydrogen-bond donors (Lipinski definition) is 1. The lowest BCUT2D eigenvalue weighted by atomic mass is 10.1. The average molecular weight is 332 g/mol. The summed E-state index contributed by atoms with van der Waals surface area (Å²) < 4.78 is 5.56. The minimum Gasteiger partial charge on any atom is -0.490 e. The van der Waals surface area contributed by atoms with Crippen molar-refractivity contribution in [3.8, 4) is 5.75 Å². The summed E-state index contributed by atoms with van der Waals surface area (Å²) in [4.78, 5) is 21.9. The maximum Gasteiger partial charge on any atom is 0.377 e. The highest BCUT2D eigenvalue weighted by atomic mass is 16.5. The van der Waals surface area contributed by atoms with Gasteiger partial charge in [0.25, 0.3) is 5.78 Å². The van der Waals surface area contributed by atoms with E-state index in [0.29, 0.717) is 12.4 Å². The van der Waals surface area contributed by atoms with Gasteiger partial charge < -0.3 is 9.84 Å². The molecule has 124 valence electrons. The van der Waals surface area contributed by atoms with Crippen molar-refractivity contribution >= 4 is 28.6 Å². The number of carboxylic acids is 1. The largest absolute Gasteiger partial charge is 0.490 e. The van der Waals surface area contributed by atoms with Crippen LogP contribution in [0.4, 0.5) is 0 Å². The van der Waals surface area contributed by atoms with E-state index >= 15 is 0 Å². The average Bonchev–Trinajstić information content (AvgIpc) is 2.65. The maximum absolute atomic E-state index is 11.3. The van der Waals surface area contributed by atoms with Gasteiger partial charge in [-0.1, -0.05) is 42.5 Å². The second-order valence-electron chi connectivity index (χ2n) is 5.48. The highest BCUT2D eigenvalue weighted by molar-refractivity contribution is 6.39. The first kappa shape index (κ1) is 16.5. The predicted octanol–water partition coefficient (Wildman–Crippen LogP) is 4.20. The molecular weight excluding hydrogens is 316 g/mol. The van der Waals surface area contributed by atoms with Gasteiger partial charge in [0, 0.05) is 5.56 Å². The number of fused-ring (bicyclic) bond motifs is 1. The molecule has 0 unspecified atom stereocenters. The molecule has 1 N–H and O–H groups in total. The molecule has 0 saturated carbocycles. The zero-order chi connectivity index (χ0) is 17.6. The molecule has 4 heteroatoms. The van der Waals surface area contributed by atoms with Gasteiger partial charge in [-0.2, -0.15) is 0 Å². The third-order valence-corrected chi connectivity index (χ3v) is 3.74. The third-order valence-electron chi connectivity index (χ3n) is 3.74. The number of Topliss-reactive ketones (excluding diaryl/α,β-unsaturated/α-hetero) is 1. The lowest BCUT2D eigenvalue weighted by Gasteiger charge is -2.04. The van der Waals surface area contributed by atoms with Crippen LogP contribution in [0.15, 0.2) is 72.8 Å². The van der Waals surface area contributed by atoms with Crippen LogP contribution in [0.1, 0.15) is 15.9 Å². The minimum absolute atomic E-state index is 0.131. The van der Waals surface area contributed by atoms with E-state index in [0.717, 1.165) is 5.56 Å². The standard InChI is InChI=1S/C21H16O4/c22-20(21(23)24)17-9-11-19(12-10-17)25-13-3-4-15-7-8-16-5-1-2-6-18(16)14-15/h1-12,14H,13H2,(H,23,24)/b4-3+. The lowest BCUT2D eigenvalue weighted by molar-refractivity contribution is -0.131. The maximum atomic E-state index is 11.3. The Morgan fingerprint density at radius 1 is 0.920 bits per heavy atom. The first-order valence-corrected chi connectivity index (χ1v) is 7.79. The summed E-state index contributed by atoms with van der Waals surface area (Å²) in [6.07, 6.45) is 3.88. The van der Waals surface area contributed by atoms with E-state index in [1.165, 1.54) is 22.9 Å². The van der Waals surface area contributed by atoms with Crippen LogP contribution in [0.5, 0.6) is 5.75 Å². The molecule has 0 bridgehead atoms. The molecule has 3 aromatic carbocycles. The molecule has 0 heterocycles. The number of carbonyl (C=O) groups excluding carboxylic acids is 1. The van der Waals surface area contributed by atoms with Gasteiger partial charge in [-0.05, 0) is 52.7 Å². The summed E-state index contributed by atoms with van der Waals surface area (Å²) in [6, 6.07) is 20.5. The van der Waals surface area contributed by atoms with Crippen molar-refractivity contribution in [3.05, 3.63) is 83.9 Å². The van der Waals surface area contributed by atoms with Crippen LogP contribution in [-0.2, 0) is 4.79 Å². The zero-order valence-corrected chi connectivity index (χ0v) is 13.4. The number of hydrogen-bond acceptors (Lipinski definition) is 3. The van der Waals surface area contributed by atoms with Crippen molar-refractivity contribution in [3.63, 3.8) is 0 Å². The zero-order valence-electron chi connectivity index (χ0n) is 13.4. The monoisotopic (exact) mass is 332 g/mol. The molecule has 3 rings (SSSR count). The van der Waals surface area contributed by atoms with Gasteiger partial charge in [-0.3, -0.25) is 4.79 Å². The van der Waals surface area contributed by atoms with Crippen LogP contribution in [0.25, 0.3) is 16.8 Å². The molecule has 0 aliphatic heterocycles. The highest BCUT2D eigenvalue weighted by Crippen LogP contribution is 2.17. The quantitative estimate of drug-likeness (QED) is 0.543. The smallest absolute Gasteiger partial charge is 0.377 e. The molecule has 3 aromatic rings. The number of ether oxygens (including phenoxy) is 1. The summed E-state index contributed by atoms with van der Waals surface area (Å²) in [7, 11) is 0. The number of carbonyl (C=O) groups is 2. The summed E-state index contributed by atoms with van der Waals surface area (Å²) in [5, 5.41) is 11.0. The number of benzene rings is 3. The van der Waals surface area contributed by atoms with Crippen molar-refractivity contribution in [1.82, 2.24) is 0 Å². The summed E-state index contributed by atoms with van der Waals surface area (Å²) in [5.74, 6) is -1.82. The van der Waals surface area contributed by atoms with E-state index in [9.17, 15) is 9.59 Å². The molecule has 0 fully saturated rings. The minimum atomic E-state index is -1.47. The van der Waals surface area contributed by atoms with E-state index in [2.05, 4.69) is 24.3 Å². The molecule has 0 aromatic heterocycles. The normalized spacial score (nSPS) is 10.9. The molecule has 0 atom stereocenters. The van der Waals surface area contributed by atoms with Gasteiger partial charge >= 0.3 is 5.97 Å². The van der Waals surface area contributed by atoms with Crippen LogP contribution in [0, 0.1) is 0 Å². The molecule has 0 amide bonds. The Kier molecular flexibility index (Phi) is 4.90. The van der Waals surface area contributed by atoms with Gasteiger partial charge in [-0.15, -0.1) is 0 Å². The van der Waals surface area contributed by atoms with Crippen molar-refractivity contribution in [2.45, 2.75) is 0 Å².